The van der Waals surface area contributed by atoms with E-state index in [9.17, 15) is 9.59 Å². The monoisotopic (exact) mass is 510 g/mol. The van der Waals surface area contributed by atoms with Crippen molar-refractivity contribution in [2.24, 2.45) is 0 Å². The molecule has 4 heterocycles. The predicted molar refractivity (Wildman–Crippen MR) is 149 cm³/mol. The van der Waals surface area contributed by atoms with E-state index in [0.29, 0.717) is 19.6 Å². The molecule has 1 N–H and O–H groups in total. The van der Waals surface area contributed by atoms with Gasteiger partial charge in [0, 0.05) is 22.9 Å². The summed E-state index contributed by atoms with van der Waals surface area (Å²) in [5.41, 5.74) is 6.92. The van der Waals surface area contributed by atoms with Gasteiger partial charge in [-0.05, 0) is 48.1 Å². The number of benzene rings is 3. The molecule has 1 fully saturated rings. The van der Waals surface area contributed by atoms with Crippen LogP contribution in [0.2, 0.25) is 0 Å². The van der Waals surface area contributed by atoms with Crippen molar-refractivity contribution in [3.05, 3.63) is 70.8 Å². The second kappa shape index (κ2) is 8.98. The fourth-order valence-electron chi connectivity index (χ4n) is 7.14. The van der Waals surface area contributed by atoms with Crippen molar-refractivity contribution in [2.75, 3.05) is 6.61 Å². The molecule has 0 radical (unpaired) electrons. The van der Waals surface area contributed by atoms with Crippen molar-refractivity contribution in [3.8, 4) is 11.1 Å². The summed E-state index contributed by atoms with van der Waals surface area (Å²) in [7, 11) is 0. The summed E-state index contributed by atoms with van der Waals surface area (Å²) in [6.45, 7) is 10.6. The SMILES string of the molecule is CC.CC.CCOC(=O)C12CCC(O1)n1c3ccccc3c3c4c(c5c(c31)C2c1ccccc1-5)C(=O)NC4. The third kappa shape index (κ3) is 2.87. The van der Waals surface area contributed by atoms with Gasteiger partial charge in [-0.15, -0.1) is 0 Å². The Hall–Kier alpha value is -3.64. The van der Waals surface area contributed by atoms with Gasteiger partial charge in [-0.3, -0.25) is 4.79 Å². The van der Waals surface area contributed by atoms with Crippen LogP contribution in [0.1, 0.15) is 86.7 Å². The maximum atomic E-state index is 13.7. The predicted octanol–water partition coefficient (Wildman–Crippen LogP) is 6.83. The van der Waals surface area contributed by atoms with Crippen molar-refractivity contribution < 1.29 is 19.1 Å². The lowest BCUT2D eigenvalue weighted by Crippen LogP contribution is -2.45. The summed E-state index contributed by atoms with van der Waals surface area (Å²) >= 11 is 0. The zero-order valence-corrected chi connectivity index (χ0v) is 22.7. The van der Waals surface area contributed by atoms with Crippen LogP contribution in [0.3, 0.4) is 0 Å². The first kappa shape index (κ1) is 24.7. The molecular weight excluding hydrogens is 476 g/mol. The first-order chi connectivity index (χ1) is 18.7. The normalized spacial score (nSPS) is 23.0. The third-order valence-electron chi connectivity index (χ3n) is 8.26. The molecule has 3 aliphatic heterocycles. The number of esters is 1. The molecular formula is C32H34N2O4. The summed E-state index contributed by atoms with van der Waals surface area (Å²) < 4.78 is 14.7. The fourth-order valence-corrected chi connectivity index (χ4v) is 7.14. The number of carbonyl (C=O) groups excluding carboxylic acids is 2. The maximum Gasteiger partial charge on any atom is 0.339 e. The molecule has 196 valence electrons. The molecule has 38 heavy (non-hydrogen) atoms. The molecule has 6 heteroatoms. The molecule has 0 spiro atoms. The van der Waals surface area contributed by atoms with Crippen LogP contribution in [0.4, 0.5) is 0 Å². The summed E-state index contributed by atoms with van der Waals surface area (Å²) in [5.74, 6) is -0.677. The highest BCUT2D eigenvalue weighted by molar-refractivity contribution is 6.21. The highest BCUT2D eigenvalue weighted by atomic mass is 16.6. The smallest absolute Gasteiger partial charge is 0.339 e. The Labute approximate surface area is 222 Å². The second-order valence-electron chi connectivity index (χ2n) is 9.68. The standard InChI is InChI=1S/C28H22N2O4.2C2H6/c1-2-33-27(32)28-12-11-19(34-28)30-18-10-6-5-9-16(18)20-17-13-29-26(31)22(17)21-14-7-3-4-8-15(14)24(28)23(21)25(20)30;2*1-2/h3-10,19,24H,2,11-13H2,1H3,(H,29,31);2*1-2H3. The number of amides is 1. The highest BCUT2D eigenvalue weighted by Crippen LogP contribution is 2.63. The largest absolute Gasteiger partial charge is 0.464 e. The van der Waals surface area contributed by atoms with Crippen molar-refractivity contribution in [1.82, 2.24) is 9.88 Å². The second-order valence-corrected chi connectivity index (χ2v) is 9.68. The summed E-state index contributed by atoms with van der Waals surface area (Å²) in [6, 6.07) is 16.5. The molecule has 1 saturated heterocycles. The summed E-state index contributed by atoms with van der Waals surface area (Å²) in [4.78, 5) is 26.9. The Morgan fingerprint density at radius 1 is 1.08 bits per heavy atom. The third-order valence-corrected chi connectivity index (χ3v) is 8.26. The minimum absolute atomic E-state index is 0.0454. The lowest BCUT2D eigenvalue weighted by molar-refractivity contribution is -0.175. The fraction of sp³-hybridized carbons (Fsp3) is 0.375. The molecule has 4 aliphatic rings. The average Bonchev–Trinajstić information content (AvgIpc) is 3.70. The van der Waals surface area contributed by atoms with Gasteiger partial charge in [0.05, 0.1) is 29.1 Å². The lowest BCUT2D eigenvalue weighted by atomic mass is 9.77. The molecule has 1 aliphatic carbocycles. The van der Waals surface area contributed by atoms with E-state index >= 15 is 0 Å². The molecule has 0 saturated carbocycles. The number of hydrogen-bond donors (Lipinski definition) is 1. The van der Waals surface area contributed by atoms with E-state index < -0.39 is 5.60 Å². The van der Waals surface area contributed by atoms with Gasteiger partial charge in [-0.1, -0.05) is 70.2 Å². The molecule has 6 nitrogen and oxygen atoms in total. The first-order valence-electron chi connectivity index (χ1n) is 14.0. The van der Waals surface area contributed by atoms with Crippen molar-refractivity contribution in [2.45, 2.75) is 71.8 Å². The number of aromatic nitrogens is 1. The average molecular weight is 511 g/mol. The lowest BCUT2D eigenvalue weighted by Gasteiger charge is -2.32. The topological polar surface area (TPSA) is 69.6 Å². The van der Waals surface area contributed by atoms with Crippen LogP contribution in [0.15, 0.2) is 48.5 Å². The number of carbonyl (C=O) groups is 2. The van der Waals surface area contributed by atoms with Gasteiger partial charge in [0.25, 0.3) is 5.91 Å². The number of nitrogens with one attached hydrogen (secondary N) is 1. The van der Waals surface area contributed by atoms with Crippen LogP contribution in [-0.4, -0.2) is 28.7 Å². The van der Waals surface area contributed by atoms with Crippen molar-refractivity contribution >= 4 is 33.7 Å². The molecule has 1 amide bonds. The van der Waals surface area contributed by atoms with E-state index in [-0.39, 0.29) is 24.0 Å². The zero-order chi connectivity index (χ0) is 26.8. The van der Waals surface area contributed by atoms with E-state index in [0.717, 1.165) is 61.6 Å². The Balaban J connectivity index is 0.000000633. The van der Waals surface area contributed by atoms with Gasteiger partial charge in [0.2, 0.25) is 0 Å². The molecule has 3 unspecified atom stereocenters. The van der Waals surface area contributed by atoms with E-state index in [1.165, 1.54) is 0 Å². The van der Waals surface area contributed by atoms with Crippen molar-refractivity contribution in [1.29, 1.82) is 0 Å². The van der Waals surface area contributed by atoms with Crippen LogP contribution in [0, 0.1) is 0 Å². The van der Waals surface area contributed by atoms with Crippen LogP contribution in [-0.2, 0) is 20.8 Å². The quantitative estimate of drug-likeness (QED) is 0.300. The van der Waals surface area contributed by atoms with E-state index in [2.05, 4.69) is 34.1 Å². The maximum absolute atomic E-state index is 13.7. The number of fused-ring (bicyclic) bond motifs is 13. The molecule has 2 bridgehead atoms. The van der Waals surface area contributed by atoms with Gasteiger partial charge in [0.15, 0.2) is 5.60 Å². The van der Waals surface area contributed by atoms with Crippen molar-refractivity contribution in [3.63, 3.8) is 0 Å². The van der Waals surface area contributed by atoms with Gasteiger partial charge < -0.3 is 19.4 Å². The number of hydrogen-bond acceptors (Lipinski definition) is 4. The molecule has 4 aromatic rings. The Kier molecular flexibility index (Phi) is 5.84. The number of ether oxygens (including phenoxy) is 2. The van der Waals surface area contributed by atoms with Crippen LogP contribution in [0.25, 0.3) is 32.9 Å². The van der Waals surface area contributed by atoms with Gasteiger partial charge in [-0.25, -0.2) is 4.79 Å². The first-order valence-corrected chi connectivity index (χ1v) is 14.0. The van der Waals surface area contributed by atoms with Gasteiger partial charge in [-0.2, -0.15) is 0 Å². The van der Waals surface area contributed by atoms with E-state index in [1.807, 2.05) is 58.9 Å². The van der Waals surface area contributed by atoms with Crippen LogP contribution in [0.5, 0.6) is 0 Å². The highest BCUT2D eigenvalue weighted by Gasteiger charge is 2.60. The summed E-state index contributed by atoms with van der Waals surface area (Å²) in [6.07, 6.45) is 1.04. The molecule has 3 aromatic carbocycles. The minimum atomic E-state index is -1.11. The van der Waals surface area contributed by atoms with E-state index in [4.69, 9.17) is 9.47 Å². The summed E-state index contributed by atoms with van der Waals surface area (Å²) in [5, 5.41) is 5.32. The van der Waals surface area contributed by atoms with Gasteiger partial charge >= 0.3 is 5.97 Å². The molecule has 8 rings (SSSR count). The number of rotatable bonds is 2. The molecule has 3 atom stereocenters. The Morgan fingerprint density at radius 3 is 2.61 bits per heavy atom. The Bertz CT molecular complexity index is 1620. The van der Waals surface area contributed by atoms with Crippen LogP contribution < -0.4 is 5.32 Å². The van der Waals surface area contributed by atoms with Crippen LogP contribution >= 0.6 is 0 Å². The number of para-hydroxylation sites is 1. The van der Waals surface area contributed by atoms with Gasteiger partial charge in [0.1, 0.15) is 6.23 Å². The Morgan fingerprint density at radius 2 is 1.82 bits per heavy atom. The number of nitrogens with zero attached hydrogens (tertiary/aromatic N) is 1. The van der Waals surface area contributed by atoms with E-state index in [1.54, 1.807) is 0 Å². The minimum Gasteiger partial charge on any atom is -0.464 e. The zero-order valence-electron chi connectivity index (χ0n) is 22.7. The molecule has 1 aromatic heterocycles.